The van der Waals surface area contributed by atoms with E-state index in [-0.39, 0.29) is 24.9 Å². The van der Waals surface area contributed by atoms with E-state index >= 15 is 0 Å². The molecule has 2 rings (SSSR count). The molecule has 20 heavy (non-hydrogen) atoms. The maximum Gasteiger partial charge on any atom is 0.435 e. The van der Waals surface area contributed by atoms with Gasteiger partial charge in [0.15, 0.2) is 5.69 Å². The number of hydrogen-bond acceptors (Lipinski definition) is 2. The number of alkyl halides is 3. The van der Waals surface area contributed by atoms with Crippen LogP contribution in [0.15, 0.2) is 24.4 Å². The van der Waals surface area contributed by atoms with Crippen molar-refractivity contribution in [1.82, 2.24) is 15.1 Å². The fourth-order valence-corrected chi connectivity index (χ4v) is 2.11. The van der Waals surface area contributed by atoms with Gasteiger partial charge in [0.05, 0.1) is 6.54 Å². The minimum Gasteiger partial charge on any atom is -0.354 e. The number of carbonyl (C=O) groups is 1. The van der Waals surface area contributed by atoms with Crippen LogP contribution < -0.4 is 5.32 Å². The molecule has 0 saturated heterocycles. The molecule has 1 N–H and O–H groups in total. The second kappa shape index (κ2) is 6.11. The van der Waals surface area contributed by atoms with Gasteiger partial charge in [-0.05, 0) is 25.3 Å². The Morgan fingerprint density at radius 2 is 2.25 bits per heavy atom. The molecule has 1 aliphatic carbocycles. The van der Waals surface area contributed by atoms with E-state index in [1.54, 1.807) is 0 Å². The summed E-state index contributed by atoms with van der Waals surface area (Å²) in [5.41, 5.74) is -0.916. The molecule has 1 aliphatic rings. The highest BCUT2D eigenvalue weighted by Gasteiger charge is 2.33. The molecule has 0 spiro atoms. The molecule has 0 saturated carbocycles. The highest BCUT2D eigenvalue weighted by molar-refractivity contribution is 5.78. The second-order valence-electron chi connectivity index (χ2n) is 4.73. The van der Waals surface area contributed by atoms with Gasteiger partial charge in [0.1, 0.15) is 0 Å². The van der Waals surface area contributed by atoms with Gasteiger partial charge in [-0.1, -0.05) is 12.2 Å². The van der Waals surface area contributed by atoms with Gasteiger partial charge in [-0.15, -0.1) is 0 Å². The first-order valence-corrected chi connectivity index (χ1v) is 6.50. The van der Waals surface area contributed by atoms with E-state index in [9.17, 15) is 18.0 Å². The van der Waals surface area contributed by atoms with Crippen molar-refractivity contribution >= 4 is 5.91 Å². The topological polar surface area (TPSA) is 46.9 Å². The Morgan fingerprint density at radius 1 is 1.45 bits per heavy atom. The SMILES string of the molecule is O=C(NCCn1ccc(C(F)(F)F)n1)[C@H]1CC=CCC1. The third-order valence-electron chi connectivity index (χ3n) is 3.21. The van der Waals surface area contributed by atoms with Crippen LogP contribution in [0.5, 0.6) is 0 Å². The summed E-state index contributed by atoms with van der Waals surface area (Å²) < 4.78 is 38.2. The fourth-order valence-electron chi connectivity index (χ4n) is 2.11. The van der Waals surface area contributed by atoms with Crippen molar-refractivity contribution in [3.8, 4) is 0 Å². The van der Waals surface area contributed by atoms with Crippen LogP contribution in [0.3, 0.4) is 0 Å². The third-order valence-corrected chi connectivity index (χ3v) is 3.21. The zero-order chi connectivity index (χ0) is 14.6. The van der Waals surface area contributed by atoms with Gasteiger partial charge >= 0.3 is 6.18 Å². The van der Waals surface area contributed by atoms with E-state index in [0.717, 1.165) is 25.3 Å². The number of nitrogens with zero attached hydrogens (tertiary/aromatic N) is 2. The number of carbonyl (C=O) groups excluding carboxylic acids is 1. The average molecular weight is 287 g/mol. The second-order valence-corrected chi connectivity index (χ2v) is 4.73. The Hall–Kier alpha value is -1.79. The predicted molar refractivity (Wildman–Crippen MR) is 66.7 cm³/mol. The third kappa shape index (κ3) is 3.85. The van der Waals surface area contributed by atoms with Crippen LogP contribution >= 0.6 is 0 Å². The van der Waals surface area contributed by atoms with Crippen LogP contribution in [0.25, 0.3) is 0 Å². The van der Waals surface area contributed by atoms with Gasteiger partial charge in [0, 0.05) is 18.7 Å². The maximum atomic E-state index is 12.3. The monoisotopic (exact) mass is 287 g/mol. The highest BCUT2D eigenvalue weighted by Crippen LogP contribution is 2.27. The van der Waals surface area contributed by atoms with Gasteiger partial charge in [0.2, 0.25) is 5.91 Å². The first-order valence-electron chi connectivity index (χ1n) is 6.50. The van der Waals surface area contributed by atoms with E-state index < -0.39 is 11.9 Å². The lowest BCUT2D eigenvalue weighted by atomic mass is 9.94. The minimum atomic E-state index is -4.43. The summed E-state index contributed by atoms with van der Waals surface area (Å²) in [4.78, 5) is 11.8. The standard InChI is InChI=1S/C13H16F3N3O/c14-13(15,16)11-6-8-19(18-11)9-7-17-12(20)10-4-2-1-3-5-10/h1-2,6,8,10H,3-5,7,9H2,(H,17,20)/t10-/m0/s1. The summed E-state index contributed by atoms with van der Waals surface area (Å²) in [6.45, 7) is 0.502. The molecule has 0 unspecified atom stereocenters. The molecule has 1 amide bonds. The summed E-state index contributed by atoms with van der Waals surface area (Å²) in [5, 5.41) is 6.15. The highest BCUT2D eigenvalue weighted by atomic mass is 19.4. The lowest BCUT2D eigenvalue weighted by Gasteiger charge is -2.17. The first kappa shape index (κ1) is 14.6. The summed E-state index contributed by atoms with van der Waals surface area (Å²) in [6, 6.07) is 0.924. The van der Waals surface area contributed by atoms with Crippen molar-refractivity contribution in [2.24, 2.45) is 5.92 Å². The molecule has 0 fully saturated rings. The van der Waals surface area contributed by atoms with Gasteiger partial charge in [-0.2, -0.15) is 18.3 Å². The van der Waals surface area contributed by atoms with E-state index in [0.29, 0.717) is 0 Å². The lowest BCUT2D eigenvalue weighted by molar-refractivity contribution is -0.141. The molecule has 0 aromatic carbocycles. The number of nitrogens with one attached hydrogen (secondary N) is 1. The van der Waals surface area contributed by atoms with Crippen molar-refractivity contribution in [3.05, 3.63) is 30.1 Å². The molecule has 1 aromatic rings. The van der Waals surface area contributed by atoms with Crippen LogP contribution in [0.2, 0.25) is 0 Å². The Bertz CT molecular complexity index is 493. The van der Waals surface area contributed by atoms with Crippen LogP contribution in [-0.2, 0) is 17.5 Å². The number of aromatic nitrogens is 2. The van der Waals surface area contributed by atoms with Gasteiger partial charge < -0.3 is 5.32 Å². The van der Waals surface area contributed by atoms with Crippen molar-refractivity contribution in [3.63, 3.8) is 0 Å². The van der Waals surface area contributed by atoms with Crippen LogP contribution in [0.4, 0.5) is 13.2 Å². The molecule has 4 nitrogen and oxygen atoms in total. The van der Waals surface area contributed by atoms with E-state index in [2.05, 4.69) is 10.4 Å². The summed E-state index contributed by atoms with van der Waals surface area (Å²) in [7, 11) is 0. The zero-order valence-electron chi connectivity index (χ0n) is 10.9. The number of amides is 1. The molecule has 1 atom stereocenters. The van der Waals surface area contributed by atoms with Crippen LogP contribution in [0.1, 0.15) is 25.0 Å². The normalized spacial score (nSPS) is 19.1. The molecule has 7 heteroatoms. The summed E-state index contributed by atoms with van der Waals surface area (Å²) >= 11 is 0. The number of hydrogen-bond donors (Lipinski definition) is 1. The van der Waals surface area contributed by atoms with Gasteiger partial charge in [-0.25, -0.2) is 0 Å². The Balaban J connectivity index is 1.77. The summed E-state index contributed by atoms with van der Waals surface area (Å²) in [6.07, 6.45) is 3.31. The molecule has 0 bridgehead atoms. The van der Waals surface area contributed by atoms with Crippen LogP contribution in [0, 0.1) is 5.92 Å². The Labute approximate surface area is 114 Å². The number of halogens is 3. The van der Waals surface area contributed by atoms with Gasteiger partial charge in [0.25, 0.3) is 0 Å². The Morgan fingerprint density at radius 3 is 2.85 bits per heavy atom. The smallest absolute Gasteiger partial charge is 0.354 e. The molecule has 1 heterocycles. The number of allylic oxidation sites excluding steroid dienone is 2. The Kier molecular flexibility index (Phi) is 4.46. The van der Waals surface area contributed by atoms with Crippen molar-refractivity contribution in [2.45, 2.75) is 32.0 Å². The lowest BCUT2D eigenvalue weighted by Crippen LogP contribution is -2.33. The van der Waals surface area contributed by atoms with Crippen molar-refractivity contribution in [1.29, 1.82) is 0 Å². The molecule has 0 radical (unpaired) electrons. The largest absolute Gasteiger partial charge is 0.435 e. The minimum absolute atomic E-state index is 0.0247. The van der Waals surface area contributed by atoms with Crippen molar-refractivity contribution in [2.75, 3.05) is 6.54 Å². The quantitative estimate of drug-likeness (QED) is 0.864. The zero-order valence-corrected chi connectivity index (χ0v) is 10.9. The summed E-state index contributed by atoms with van der Waals surface area (Å²) in [5.74, 6) is -0.0686. The van der Waals surface area contributed by atoms with E-state index in [1.165, 1.54) is 10.9 Å². The van der Waals surface area contributed by atoms with Crippen LogP contribution in [-0.4, -0.2) is 22.2 Å². The van der Waals surface area contributed by atoms with Gasteiger partial charge in [-0.3, -0.25) is 9.48 Å². The molecule has 0 aliphatic heterocycles. The molecule has 1 aromatic heterocycles. The van der Waals surface area contributed by atoms with E-state index in [1.807, 2.05) is 12.2 Å². The number of rotatable bonds is 4. The molecule has 110 valence electrons. The molecular weight excluding hydrogens is 271 g/mol. The fraction of sp³-hybridized carbons (Fsp3) is 0.538. The van der Waals surface area contributed by atoms with E-state index in [4.69, 9.17) is 0 Å². The molecular formula is C13H16F3N3O. The van der Waals surface area contributed by atoms with Crippen molar-refractivity contribution < 1.29 is 18.0 Å². The predicted octanol–water partition coefficient (Wildman–Crippen LogP) is 2.37. The average Bonchev–Trinajstić information content (AvgIpc) is 2.88. The first-order chi connectivity index (χ1) is 9.47. The maximum absolute atomic E-state index is 12.3.